The summed E-state index contributed by atoms with van der Waals surface area (Å²) in [6.45, 7) is 1.58. The van der Waals surface area contributed by atoms with Gasteiger partial charge in [0.25, 0.3) is 0 Å². The van der Waals surface area contributed by atoms with Crippen LogP contribution in [0.5, 0.6) is 0 Å². The zero-order valence-electron chi connectivity index (χ0n) is 15.6. The van der Waals surface area contributed by atoms with E-state index in [0.29, 0.717) is 6.54 Å². The van der Waals surface area contributed by atoms with Crippen LogP contribution in [0, 0.1) is 11.8 Å². The molecule has 3 aliphatic rings. The van der Waals surface area contributed by atoms with Crippen molar-refractivity contribution >= 4 is 23.5 Å². The van der Waals surface area contributed by atoms with E-state index < -0.39 is 5.97 Å². The van der Waals surface area contributed by atoms with Gasteiger partial charge >= 0.3 is 5.97 Å². The lowest BCUT2D eigenvalue weighted by molar-refractivity contribution is -0.152. The minimum atomic E-state index is -0.499. The Morgan fingerprint density at radius 2 is 1.74 bits per heavy atom. The van der Waals surface area contributed by atoms with E-state index in [9.17, 15) is 14.4 Å². The molecule has 0 radical (unpaired) electrons. The fraction of sp³-hybridized carbons (Fsp3) is 0.571. The number of carbonyl (C=O) groups excluding carboxylic acids is 3. The summed E-state index contributed by atoms with van der Waals surface area (Å²) in [4.78, 5) is 40.4. The summed E-state index contributed by atoms with van der Waals surface area (Å²) in [6.07, 6.45) is 5.65. The lowest BCUT2D eigenvalue weighted by Gasteiger charge is -2.31. The van der Waals surface area contributed by atoms with Crippen LogP contribution < -0.4 is 4.90 Å². The van der Waals surface area contributed by atoms with Crippen LogP contribution in [0.15, 0.2) is 24.3 Å². The van der Waals surface area contributed by atoms with Crippen molar-refractivity contribution in [1.29, 1.82) is 0 Å². The lowest BCUT2D eigenvalue weighted by Crippen LogP contribution is -2.38. The van der Waals surface area contributed by atoms with Crippen molar-refractivity contribution in [2.75, 3.05) is 31.1 Å². The van der Waals surface area contributed by atoms with E-state index >= 15 is 0 Å². The summed E-state index contributed by atoms with van der Waals surface area (Å²) >= 11 is 0. The number of esters is 1. The Hall–Kier alpha value is -2.37. The maximum absolute atomic E-state index is 12.4. The molecule has 4 rings (SSSR count). The van der Waals surface area contributed by atoms with Crippen molar-refractivity contribution < 1.29 is 19.1 Å². The molecule has 1 aliphatic carbocycles. The summed E-state index contributed by atoms with van der Waals surface area (Å²) in [5, 5.41) is 0. The number of amides is 2. The van der Waals surface area contributed by atoms with Crippen molar-refractivity contribution in [2.45, 2.75) is 38.5 Å². The van der Waals surface area contributed by atoms with E-state index in [2.05, 4.69) is 17.0 Å². The molecule has 1 aromatic rings. The van der Waals surface area contributed by atoms with E-state index in [4.69, 9.17) is 4.74 Å². The van der Waals surface area contributed by atoms with Gasteiger partial charge < -0.3 is 9.64 Å². The predicted octanol–water partition coefficient (Wildman–Crippen LogP) is 2.16. The zero-order valence-corrected chi connectivity index (χ0v) is 15.6. The first-order valence-electron chi connectivity index (χ1n) is 9.99. The molecule has 2 amide bonds. The average Bonchev–Trinajstić information content (AvgIpc) is 2.93. The Labute approximate surface area is 159 Å². The van der Waals surface area contributed by atoms with Gasteiger partial charge in [0.1, 0.15) is 13.2 Å². The highest BCUT2D eigenvalue weighted by atomic mass is 16.5. The second kappa shape index (κ2) is 7.71. The molecule has 6 heteroatoms. The second-order valence-corrected chi connectivity index (χ2v) is 7.70. The van der Waals surface area contributed by atoms with E-state index in [-0.39, 0.29) is 36.8 Å². The first-order chi connectivity index (χ1) is 13.1. The van der Waals surface area contributed by atoms with E-state index in [1.165, 1.54) is 11.3 Å². The number of fused-ring (bicyclic) bond motifs is 2. The van der Waals surface area contributed by atoms with Crippen molar-refractivity contribution in [1.82, 2.24) is 4.90 Å². The number of carbonyl (C=O) groups is 3. The van der Waals surface area contributed by atoms with Gasteiger partial charge in [-0.3, -0.25) is 19.3 Å². The van der Waals surface area contributed by atoms with E-state index in [1.807, 2.05) is 12.1 Å². The second-order valence-electron chi connectivity index (χ2n) is 7.70. The highest BCUT2D eigenvalue weighted by Gasteiger charge is 2.48. The first kappa shape index (κ1) is 18.0. The fourth-order valence-corrected chi connectivity index (χ4v) is 4.68. The molecule has 2 atom stereocenters. The third kappa shape index (κ3) is 3.57. The van der Waals surface area contributed by atoms with Crippen LogP contribution in [0.1, 0.15) is 37.7 Å². The van der Waals surface area contributed by atoms with Gasteiger partial charge in [0.15, 0.2) is 0 Å². The van der Waals surface area contributed by atoms with Gasteiger partial charge in [-0.2, -0.15) is 0 Å². The van der Waals surface area contributed by atoms with E-state index in [1.54, 1.807) is 0 Å². The highest BCUT2D eigenvalue weighted by molar-refractivity contribution is 6.07. The molecule has 1 saturated carbocycles. The fourth-order valence-electron chi connectivity index (χ4n) is 4.68. The van der Waals surface area contributed by atoms with Crippen LogP contribution in [0.4, 0.5) is 5.69 Å². The Morgan fingerprint density at radius 1 is 1.04 bits per heavy atom. The van der Waals surface area contributed by atoms with Crippen LogP contribution in [0.25, 0.3) is 0 Å². The summed E-state index contributed by atoms with van der Waals surface area (Å²) < 4.78 is 5.35. The minimum absolute atomic E-state index is 0.188. The van der Waals surface area contributed by atoms with Gasteiger partial charge in [0, 0.05) is 12.2 Å². The molecule has 2 fully saturated rings. The molecule has 0 aromatic heterocycles. The minimum Gasteiger partial charge on any atom is -0.462 e. The molecule has 0 bridgehead atoms. The SMILES string of the molecule is O=C(CN1C(=O)[C@H]2CCCC[C@@H]2C1=O)OCCN1CCCc2ccccc21. The van der Waals surface area contributed by atoms with Crippen molar-refractivity contribution in [3.63, 3.8) is 0 Å². The van der Waals surface area contributed by atoms with Gasteiger partial charge in [-0.05, 0) is 37.3 Å². The molecule has 1 aromatic carbocycles. The van der Waals surface area contributed by atoms with Crippen molar-refractivity contribution in [2.24, 2.45) is 11.8 Å². The number of aryl methyl sites for hydroxylation is 1. The number of hydrogen-bond donors (Lipinski definition) is 0. The quantitative estimate of drug-likeness (QED) is 0.587. The third-order valence-corrected chi connectivity index (χ3v) is 6.05. The smallest absolute Gasteiger partial charge is 0.326 e. The molecule has 2 heterocycles. The average molecular weight is 370 g/mol. The molecule has 1 saturated heterocycles. The normalized spacial score (nSPS) is 24.6. The topological polar surface area (TPSA) is 66.9 Å². The maximum atomic E-state index is 12.4. The largest absolute Gasteiger partial charge is 0.462 e. The standard InChI is InChI=1S/C21H26N2O4/c24-19(14-23-20(25)16-8-2-3-9-17(16)21(23)26)27-13-12-22-11-5-7-15-6-1-4-10-18(15)22/h1,4,6,10,16-17H,2-3,5,7-9,11-14H2/t16-,17-/m0/s1. The first-order valence-corrected chi connectivity index (χ1v) is 9.99. The number of rotatable bonds is 5. The Bertz CT molecular complexity index is 723. The predicted molar refractivity (Wildman–Crippen MR) is 100 cm³/mol. The number of anilines is 1. The number of likely N-dealkylation sites (tertiary alicyclic amines) is 1. The summed E-state index contributed by atoms with van der Waals surface area (Å²) in [7, 11) is 0. The summed E-state index contributed by atoms with van der Waals surface area (Å²) in [5.74, 6) is -1.31. The number of hydrogen-bond acceptors (Lipinski definition) is 5. The third-order valence-electron chi connectivity index (χ3n) is 6.05. The highest BCUT2D eigenvalue weighted by Crippen LogP contribution is 2.37. The van der Waals surface area contributed by atoms with Gasteiger partial charge in [0.05, 0.1) is 18.4 Å². The molecule has 0 spiro atoms. The van der Waals surface area contributed by atoms with Gasteiger partial charge in [-0.1, -0.05) is 31.0 Å². The van der Waals surface area contributed by atoms with Gasteiger partial charge in [0.2, 0.25) is 11.8 Å². The Balaban J connectivity index is 1.28. The Kier molecular flexibility index (Phi) is 5.14. The molecular weight excluding hydrogens is 344 g/mol. The maximum Gasteiger partial charge on any atom is 0.326 e. The zero-order chi connectivity index (χ0) is 18.8. The van der Waals surface area contributed by atoms with E-state index in [0.717, 1.165) is 50.0 Å². The molecule has 0 N–H and O–H groups in total. The number of imide groups is 1. The lowest BCUT2D eigenvalue weighted by atomic mass is 9.81. The number of ether oxygens (including phenoxy) is 1. The van der Waals surface area contributed by atoms with Gasteiger partial charge in [-0.15, -0.1) is 0 Å². The van der Waals surface area contributed by atoms with Crippen LogP contribution in [-0.4, -0.2) is 48.9 Å². The van der Waals surface area contributed by atoms with Crippen LogP contribution in [0.2, 0.25) is 0 Å². The summed E-state index contributed by atoms with van der Waals surface area (Å²) in [6, 6.07) is 8.30. The molecule has 27 heavy (non-hydrogen) atoms. The van der Waals surface area contributed by atoms with Gasteiger partial charge in [-0.25, -0.2) is 0 Å². The Morgan fingerprint density at radius 3 is 2.48 bits per heavy atom. The van der Waals surface area contributed by atoms with Crippen molar-refractivity contribution in [3.05, 3.63) is 29.8 Å². The molecule has 144 valence electrons. The monoisotopic (exact) mass is 370 g/mol. The molecule has 2 aliphatic heterocycles. The molecule has 6 nitrogen and oxygen atoms in total. The molecule has 0 unspecified atom stereocenters. The number of para-hydroxylation sites is 1. The van der Waals surface area contributed by atoms with Crippen LogP contribution >= 0.6 is 0 Å². The van der Waals surface area contributed by atoms with Crippen molar-refractivity contribution in [3.8, 4) is 0 Å². The van der Waals surface area contributed by atoms with Crippen LogP contribution in [0.3, 0.4) is 0 Å². The van der Waals surface area contributed by atoms with Crippen LogP contribution in [-0.2, 0) is 25.5 Å². The summed E-state index contributed by atoms with van der Waals surface area (Å²) in [5.41, 5.74) is 2.53. The number of benzene rings is 1. The number of nitrogens with zero attached hydrogens (tertiary/aromatic N) is 2. The molecular formula is C21H26N2O4.